The lowest BCUT2D eigenvalue weighted by Crippen LogP contribution is -2.19. The summed E-state index contributed by atoms with van der Waals surface area (Å²) in [7, 11) is 0. The van der Waals surface area contributed by atoms with E-state index in [0.717, 1.165) is 43.4 Å². The first-order valence-corrected chi connectivity index (χ1v) is 10.1. The standard InChI is InChI=1S/C22H20N4S/c1-4-16(21-23-9-10-24-21)5-2-15(1)3-7-19-14-18-13-17(6-8-20(18)27-19)22-25-11-12-26-22/h1-8,13-14H,9-12H2,(H,23,24)(H,25,26)/b7-3+. The number of amidine groups is 2. The first-order valence-electron chi connectivity index (χ1n) is 9.24. The highest BCUT2D eigenvalue weighted by Gasteiger charge is 2.10. The second kappa shape index (κ2) is 7.00. The Labute approximate surface area is 162 Å². The molecule has 4 nitrogen and oxygen atoms in total. The molecule has 5 rings (SSSR count). The van der Waals surface area contributed by atoms with Gasteiger partial charge in [-0.25, -0.2) is 0 Å². The topological polar surface area (TPSA) is 48.8 Å². The van der Waals surface area contributed by atoms with Crippen LogP contribution in [-0.2, 0) is 0 Å². The van der Waals surface area contributed by atoms with Gasteiger partial charge in [0.1, 0.15) is 11.7 Å². The maximum absolute atomic E-state index is 4.51. The fourth-order valence-electron chi connectivity index (χ4n) is 3.41. The van der Waals surface area contributed by atoms with Gasteiger partial charge in [0.05, 0.1) is 13.1 Å². The van der Waals surface area contributed by atoms with Crippen molar-refractivity contribution in [2.24, 2.45) is 9.98 Å². The number of benzene rings is 2. The van der Waals surface area contributed by atoms with Crippen LogP contribution in [0.2, 0.25) is 0 Å². The molecule has 1 aromatic heterocycles. The highest BCUT2D eigenvalue weighted by molar-refractivity contribution is 7.19. The van der Waals surface area contributed by atoms with Gasteiger partial charge in [0.15, 0.2) is 0 Å². The highest BCUT2D eigenvalue weighted by atomic mass is 32.1. The molecular weight excluding hydrogens is 352 g/mol. The van der Waals surface area contributed by atoms with Gasteiger partial charge in [-0.2, -0.15) is 0 Å². The van der Waals surface area contributed by atoms with E-state index in [9.17, 15) is 0 Å². The van der Waals surface area contributed by atoms with Crippen molar-refractivity contribution in [2.75, 3.05) is 26.2 Å². The van der Waals surface area contributed by atoms with Gasteiger partial charge in [-0.1, -0.05) is 30.3 Å². The lowest BCUT2D eigenvalue weighted by atomic mass is 10.1. The first kappa shape index (κ1) is 16.3. The zero-order valence-electron chi connectivity index (χ0n) is 14.9. The maximum Gasteiger partial charge on any atom is 0.128 e. The molecule has 2 aliphatic heterocycles. The Kier molecular flexibility index (Phi) is 4.22. The average Bonchev–Trinajstić information content (AvgIpc) is 3.47. The summed E-state index contributed by atoms with van der Waals surface area (Å²) >= 11 is 1.82. The molecule has 27 heavy (non-hydrogen) atoms. The van der Waals surface area contributed by atoms with Crippen LogP contribution in [0.25, 0.3) is 22.2 Å². The van der Waals surface area contributed by atoms with Gasteiger partial charge in [0, 0.05) is 33.8 Å². The Morgan fingerprint density at radius 3 is 2.19 bits per heavy atom. The van der Waals surface area contributed by atoms with Gasteiger partial charge in [0.25, 0.3) is 0 Å². The third-order valence-corrected chi connectivity index (χ3v) is 5.86. The molecule has 3 heterocycles. The maximum atomic E-state index is 4.51. The van der Waals surface area contributed by atoms with Gasteiger partial charge in [-0.3, -0.25) is 9.98 Å². The van der Waals surface area contributed by atoms with Crippen LogP contribution in [0.3, 0.4) is 0 Å². The van der Waals surface area contributed by atoms with Crippen LogP contribution in [-0.4, -0.2) is 37.9 Å². The number of nitrogens with one attached hydrogen (secondary N) is 2. The molecule has 0 aliphatic carbocycles. The molecule has 0 saturated heterocycles. The van der Waals surface area contributed by atoms with Gasteiger partial charge in [-0.15, -0.1) is 11.3 Å². The van der Waals surface area contributed by atoms with Crippen molar-refractivity contribution in [1.82, 2.24) is 10.6 Å². The summed E-state index contributed by atoms with van der Waals surface area (Å²) in [5.41, 5.74) is 3.52. The molecule has 5 heteroatoms. The first-order chi connectivity index (χ1) is 13.3. The third-order valence-electron chi connectivity index (χ3n) is 4.78. The van der Waals surface area contributed by atoms with Crippen molar-refractivity contribution in [1.29, 1.82) is 0 Å². The van der Waals surface area contributed by atoms with Crippen LogP contribution in [0.15, 0.2) is 58.5 Å². The number of rotatable bonds is 4. The molecule has 0 fully saturated rings. The van der Waals surface area contributed by atoms with Gasteiger partial charge >= 0.3 is 0 Å². The van der Waals surface area contributed by atoms with Crippen molar-refractivity contribution >= 4 is 45.2 Å². The number of hydrogen-bond acceptors (Lipinski definition) is 5. The van der Waals surface area contributed by atoms with E-state index >= 15 is 0 Å². The molecule has 0 amide bonds. The average molecular weight is 372 g/mol. The van der Waals surface area contributed by atoms with Crippen LogP contribution in [0, 0.1) is 0 Å². The van der Waals surface area contributed by atoms with Crippen LogP contribution in [0.5, 0.6) is 0 Å². The van der Waals surface area contributed by atoms with Gasteiger partial charge in [0.2, 0.25) is 0 Å². The van der Waals surface area contributed by atoms with Crippen molar-refractivity contribution in [3.63, 3.8) is 0 Å². The summed E-state index contributed by atoms with van der Waals surface area (Å²) in [6.07, 6.45) is 4.36. The van der Waals surface area contributed by atoms with Crippen molar-refractivity contribution in [3.05, 3.63) is 70.1 Å². The summed E-state index contributed by atoms with van der Waals surface area (Å²) in [4.78, 5) is 10.2. The number of fused-ring (bicyclic) bond motifs is 1. The van der Waals surface area contributed by atoms with E-state index in [2.05, 4.69) is 81.3 Å². The molecule has 2 aromatic carbocycles. The lowest BCUT2D eigenvalue weighted by Gasteiger charge is -2.02. The van der Waals surface area contributed by atoms with Crippen LogP contribution >= 0.6 is 11.3 Å². The quantitative estimate of drug-likeness (QED) is 0.732. The van der Waals surface area contributed by atoms with Crippen molar-refractivity contribution in [3.8, 4) is 0 Å². The van der Waals surface area contributed by atoms with E-state index in [1.165, 1.54) is 26.1 Å². The molecule has 2 N–H and O–H groups in total. The number of nitrogens with zero attached hydrogens (tertiary/aromatic N) is 2. The molecular formula is C22H20N4S. The van der Waals surface area contributed by atoms with E-state index in [4.69, 9.17) is 0 Å². The molecule has 0 spiro atoms. The summed E-state index contributed by atoms with van der Waals surface area (Å²) in [5.74, 6) is 2.02. The highest BCUT2D eigenvalue weighted by Crippen LogP contribution is 2.28. The minimum Gasteiger partial charge on any atom is -0.368 e. The van der Waals surface area contributed by atoms with Crippen molar-refractivity contribution in [2.45, 2.75) is 0 Å². The fourth-order valence-corrected chi connectivity index (χ4v) is 4.35. The smallest absolute Gasteiger partial charge is 0.128 e. The Bertz CT molecular complexity index is 1070. The Balaban J connectivity index is 1.35. The largest absolute Gasteiger partial charge is 0.368 e. The fraction of sp³-hybridized carbons (Fsp3) is 0.182. The second-order valence-electron chi connectivity index (χ2n) is 6.67. The second-order valence-corrected chi connectivity index (χ2v) is 7.79. The van der Waals surface area contributed by atoms with E-state index in [1.54, 1.807) is 0 Å². The molecule has 0 unspecified atom stereocenters. The summed E-state index contributed by atoms with van der Waals surface area (Å²) < 4.78 is 1.30. The SMILES string of the molecule is C(=C\c1cc2cc(C3=NCCN3)ccc2s1)/c1ccc(C2=NCCN2)cc1. The molecule has 0 radical (unpaired) electrons. The van der Waals surface area contributed by atoms with Crippen LogP contribution < -0.4 is 10.6 Å². The normalized spacial score (nSPS) is 16.4. The lowest BCUT2D eigenvalue weighted by molar-refractivity contribution is 0.960. The van der Waals surface area contributed by atoms with Crippen molar-refractivity contribution < 1.29 is 0 Å². The van der Waals surface area contributed by atoms with Gasteiger partial charge < -0.3 is 10.6 Å². The van der Waals surface area contributed by atoms with Crippen LogP contribution in [0.1, 0.15) is 21.6 Å². The van der Waals surface area contributed by atoms with E-state index in [-0.39, 0.29) is 0 Å². The molecule has 134 valence electrons. The summed E-state index contributed by atoms with van der Waals surface area (Å²) in [6.45, 7) is 3.61. The van der Waals surface area contributed by atoms with E-state index < -0.39 is 0 Å². The monoisotopic (exact) mass is 372 g/mol. The number of aliphatic imine (C=N–C) groups is 2. The molecule has 0 bridgehead atoms. The summed E-state index contributed by atoms with van der Waals surface area (Å²) in [5, 5.41) is 7.93. The number of thiophene rings is 1. The molecule has 0 saturated carbocycles. The van der Waals surface area contributed by atoms with Crippen LogP contribution in [0.4, 0.5) is 0 Å². The van der Waals surface area contributed by atoms with Gasteiger partial charge in [-0.05, 0) is 41.3 Å². The Morgan fingerprint density at radius 2 is 1.48 bits per heavy atom. The minimum atomic E-state index is 0.868. The third kappa shape index (κ3) is 3.38. The number of hydrogen-bond donors (Lipinski definition) is 2. The predicted octanol–water partition coefficient (Wildman–Crippen LogP) is 3.77. The summed E-state index contributed by atoms with van der Waals surface area (Å²) in [6, 6.07) is 17.4. The zero-order chi connectivity index (χ0) is 18.1. The van der Waals surface area contributed by atoms with E-state index in [0.29, 0.717) is 0 Å². The molecule has 3 aromatic rings. The minimum absolute atomic E-state index is 0.868. The predicted molar refractivity (Wildman–Crippen MR) is 116 cm³/mol. The van der Waals surface area contributed by atoms with E-state index in [1.807, 2.05) is 11.3 Å². The molecule has 0 atom stereocenters. The zero-order valence-corrected chi connectivity index (χ0v) is 15.7. The Morgan fingerprint density at radius 1 is 0.778 bits per heavy atom. The molecule has 2 aliphatic rings. The Hall–Kier alpha value is -2.92.